The lowest BCUT2D eigenvalue weighted by atomic mass is 10.1. The number of aryl methyl sites for hydroxylation is 2. The van der Waals surface area contributed by atoms with E-state index in [9.17, 15) is 8.42 Å². The summed E-state index contributed by atoms with van der Waals surface area (Å²) in [5.74, 6) is 1.50. The van der Waals surface area contributed by atoms with Crippen LogP contribution in [-0.2, 0) is 16.4 Å². The number of sulfonamides is 1. The van der Waals surface area contributed by atoms with Gasteiger partial charge in [0, 0.05) is 38.0 Å². The van der Waals surface area contributed by atoms with Crippen LogP contribution < -0.4 is 4.90 Å². The Balaban J connectivity index is 1.32. The van der Waals surface area contributed by atoms with E-state index < -0.39 is 10.0 Å². The number of anilines is 1. The maximum atomic E-state index is 13.1. The van der Waals surface area contributed by atoms with E-state index in [-0.39, 0.29) is 0 Å². The molecule has 2 aromatic heterocycles. The van der Waals surface area contributed by atoms with Crippen LogP contribution in [0.4, 0.5) is 5.82 Å². The molecule has 1 aliphatic rings. The number of rotatable bonds is 7. The van der Waals surface area contributed by atoms with Gasteiger partial charge >= 0.3 is 0 Å². The van der Waals surface area contributed by atoms with Crippen LogP contribution in [0.3, 0.4) is 0 Å². The molecule has 1 fully saturated rings. The van der Waals surface area contributed by atoms with Crippen LogP contribution in [0.25, 0.3) is 22.8 Å². The van der Waals surface area contributed by atoms with Crippen LogP contribution in [0, 0.1) is 13.8 Å². The predicted octanol–water partition coefficient (Wildman–Crippen LogP) is 5.15. The second kappa shape index (κ2) is 11.3. The molecular formula is C32H32N6O2S. The standard InChI is InChI=1S/C32H32N6O2S/c1-24-13-15-27(16-14-24)23-29-33-31(30-25(2)35-38(32(30)34-29)28-11-7-4-8-12-28)36-18-20-37(21-19-36)41(39,40)22-17-26-9-5-3-6-10-26/h3-17,22H,18-21,23H2,1-2H3. The Morgan fingerprint density at radius 2 is 1.46 bits per heavy atom. The molecule has 5 aromatic rings. The van der Waals surface area contributed by atoms with Gasteiger partial charge in [0.25, 0.3) is 0 Å². The van der Waals surface area contributed by atoms with Crippen LogP contribution in [0.1, 0.15) is 28.2 Å². The van der Waals surface area contributed by atoms with Crippen molar-refractivity contribution in [2.45, 2.75) is 20.3 Å². The highest BCUT2D eigenvalue weighted by atomic mass is 32.2. The molecule has 0 spiro atoms. The number of aromatic nitrogens is 4. The first-order valence-electron chi connectivity index (χ1n) is 13.7. The largest absolute Gasteiger partial charge is 0.353 e. The number of benzene rings is 3. The van der Waals surface area contributed by atoms with Gasteiger partial charge in [0.1, 0.15) is 11.6 Å². The van der Waals surface area contributed by atoms with Gasteiger partial charge in [0.2, 0.25) is 10.0 Å². The molecule has 0 bridgehead atoms. The Morgan fingerprint density at radius 1 is 0.805 bits per heavy atom. The average molecular weight is 565 g/mol. The maximum absolute atomic E-state index is 13.1. The lowest BCUT2D eigenvalue weighted by molar-refractivity contribution is 0.389. The van der Waals surface area contributed by atoms with Gasteiger partial charge in [-0.15, -0.1) is 0 Å². The summed E-state index contributed by atoms with van der Waals surface area (Å²) in [7, 11) is -3.55. The summed E-state index contributed by atoms with van der Waals surface area (Å²) in [5.41, 5.74) is 5.70. The monoisotopic (exact) mass is 564 g/mol. The van der Waals surface area contributed by atoms with Crippen molar-refractivity contribution in [3.05, 3.63) is 119 Å². The Morgan fingerprint density at radius 3 is 2.15 bits per heavy atom. The first kappa shape index (κ1) is 26.9. The highest BCUT2D eigenvalue weighted by Crippen LogP contribution is 2.30. The molecule has 0 radical (unpaired) electrons. The summed E-state index contributed by atoms with van der Waals surface area (Å²) in [6, 6.07) is 27.8. The SMILES string of the molecule is Cc1ccc(Cc2nc(N3CCN(S(=O)(=O)C=Cc4ccccc4)CC3)c3c(C)nn(-c4ccccc4)c3n2)cc1. The lowest BCUT2D eigenvalue weighted by Gasteiger charge is -2.34. The molecule has 41 heavy (non-hydrogen) atoms. The second-order valence-corrected chi connectivity index (χ2v) is 12.1. The van der Waals surface area contributed by atoms with E-state index in [2.05, 4.69) is 36.1 Å². The zero-order valence-electron chi connectivity index (χ0n) is 23.2. The van der Waals surface area contributed by atoms with Crippen molar-refractivity contribution >= 4 is 33.0 Å². The first-order chi connectivity index (χ1) is 19.9. The van der Waals surface area contributed by atoms with Crippen LogP contribution in [0.15, 0.2) is 90.3 Å². The highest BCUT2D eigenvalue weighted by Gasteiger charge is 2.28. The van der Waals surface area contributed by atoms with Crippen molar-refractivity contribution < 1.29 is 8.42 Å². The summed E-state index contributed by atoms with van der Waals surface area (Å²) in [6.45, 7) is 5.82. The van der Waals surface area contributed by atoms with Crippen LogP contribution in [0.2, 0.25) is 0 Å². The maximum Gasteiger partial charge on any atom is 0.236 e. The minimum absolute atomic E-state index is 0.367. The molecule has 3 aromatic carbocycles. The zero-order valence-corrected chi connectivity index (χ0v) is 24.0. The van der Waals surface area contributed by atoms with Crippen LogP contribution >= 0.6 is 0 Å². The fourth-order valence-electron chi connectivity index (χ4n) is 5.12. The third kappa shape index (κ3) is 5.77. The van der Waals surface area contributed by atoms with Gasteiger partial charge in [-0.2, -0.15) is 9.40 Å². The molecule has 1 saturated heterocycles. The molecule has 0 saturated carbocycles. The van der Waals surface area contributed by atoms with Crippen LogP contribution in [-0.4, -0.2) is 58.7 Å². The highest BCUT2D eigenvalue weighted by molar-refractivity contribution is 7.92. The van der Waals surface area contributed by atoms with E-state index in [1.54, 1.807) is 6.08 Å². The summed E-state index contributed by atoms with van der Waals surface area (Å²) in [5, 5.41) is 7.05. The number of para-hydroxylation sites is 1. The summed E-state index contributed by atoms with van der Waals surface area (Å²) in [6.07, 6.45) is 2.23. The van der Waals surface area contributed by atoms with Crippen molar-refractivity contribution in [2.24, 2.45) is 0 Å². The fraction of sp³-hybridized carbons (Fsp3) is 0.219. The molecule has 208 valence electrons. The molecule has 6 rings (SSSR count). The summed E-state index contributed by atoms with van der Waals surface area (Å²) < 4.78 is 29.6. The minimum atomic E-state index is -3.55. The number of nitrogens with zero attached hydrogens (tertiary/aromatic N) is 6. The van der Waals surface area contributed by atoms with Crippen molar-refractivity contribution in [3.8, 4) is 5.69 Å². The molecule has 9 heteroatoms. The Kier molecular flexibility index (Phi) is 7.38. The van der Waals surface area contributed by atoms with Crippen molar-refractivity contribution in [1.29, 1.82) is 0 Å². The topological polar surface area (TPSA) is 84.2 Å². The molecule has 0 amide bonds. The third-order valence-electron chi connectivity index (χ3n) is 7.34. The van der Waals surface area contributed by atoms with Crippen molar-refractivity contribution in [3.63, 3.8) is 0 Å². The molecule has 0 atom stereocenters. The Labute approximate surface area is 240 Å². The van der Waals surface area contributed by atoms with E-state index in [1.165, 1.54) is 15.3 Å². The number of piperazine rings is 1. The molecule has 0 unspecified atom stereocenters. The Hall–Kier alpha value is -4.34. The van der Waals surface area contributed by atoms with Gasteiger partial charge in [-0.05, 0) is 43.2 Å². The summed E-state index contributed by atoms with van der Waals surface area (Å²) in [4.78, 5) is 12.2. The second-order valence-electron chi connectivity index (χ2n) is 10.3. The third-order valence-corrected chi connectivity index (χ3v) is 8.91. The summed E-state index contributed by atoms with van der Waals surface area (Å²) >= 11 is 0. The molecule has 8 nitrogen and oxygen atoms in total. The van der Waals surface area contributed by atoms with Crippen LogP contribution in [0.5, 0.6) is 0 Å². The van der Waals surface area contributed by atoms with Gasteiger partial charge in [0.15, 0.2) is 5.65 Å². The molecule has 3 heterocycles. The Bertz CT molecular complexity index is 1790. The van der Waals surface area contributed by atoms with E-state index in [1.807, 2.05) is 72.3 Å². The minimum Gasteiger partial charge on any atom is -0.353 e. The van der Waals surface area contributed by atoms with E-state index in [4.69, 9.17) is 15.1 Å². The van der Waals surface area contributed by atoms with Gasteiger partial charge in [-0.1, -0.05) is 78.4 Å². The predicted molar refractivity (Wildman–Crippen MR) is 164 cm³/mol. The number of hydrogen-bond donors (Lipinski definition) is 0. The smallest absolute Gasteiger partial charge is 0.236 e. The van der Waals surface area contributed by atoms with Gasteiger partial charge in [-0.25, -0.2) is 23.1 Å². The fourth-order valence-corrected chi connectivity index (χ4v) is 6.29. The lowest BCUT2D eigenvalue weighted by Crippen LogP contribution is -2.48. The molecular weight excluding hydrogens is 532 g/mol. The van der Waals surface area contributed by atoms with E-state index in [0.29, 0.717) is 38.4 Å². The normalized spacial score (nSPS) is 14.7. The van der Waals surface area contributed by atoms with E-state index in [0.717, 1.165) is 39.4 Å². The molecule has 0 N–H and O–H groups in total. The molecule has 1 aliphatic heterocycles. The van der Waals surface area contributed by atoms with Gasteiger partial charge in [0.05, 0.1) is 16.8 Å². The van der Waals surface area contributed by atoms with E-state index >= 15 is 0 Å². The average Bonchev–Trinajstić information content (AvgIpc) is 3.34. The number of fused-ring (bicyclic) bond motifs is 1. The van der Waals surface area contributed by atoms with Gasteiger partial charge in [-0.3, -0.25) is 0 Å². The van der Waals surface area contributed by atoms with Crippen molar-refractivity contribution in [2.75, 3.05) is 31.1 Å². The quantitative estimate of drug-likeness (QED) is 0.272. The molecule has 0 aliphatic carbocycles. The van der Waals surface area contributed by atoms with Crippen molar-refractivity contribution in [1.82, 2.24) is 24.1 Å². The number of hydrogen-bond acceptors (Lipinski definition) is 6. The first-order valence-corrected chi connectivity index (χ1v) is 15.2. The van der Waals surface area contributed by atoms with Gasteiger partial charge < -0.3 is 4.90 Å². The zero-order chi connectivity index (χ0) is 28.4.